The van der Waals surface area contributed by atoms with Crippen molar-refractivity contribution in [2.24, 2.45) is 0 Å². The second-order valence-corrected chi connectivity index (χ2v) is 3.47. The summed E-state index contributed by atoms with van der Waals surface area (Å²) in [6, 6.07) is 0.542. The minimum atomic E-state index is -0.436. The van der Waals surface area contributed by atoms with Gasteiger partial charge in [0.1, 0.15) is 0 Å². The van der Waals surface area contributed by atoms with Gasteiger partial charge in [-0.15, -0.1) is 0 Å². The first-order valence-electron chi connectivity index (χ1n) is 3.44. The second-order valence-electron chi connectivity index (χ2n) is 3.47. The van der Waals surface area contributed by atoms with Crippen molar-refractivity contribution in [2.75, 3.05) is 13.6 Å². The summed E-state index contributed by atoms with van der Waals surface area (Å²) in [6.45, 7) is 4.85. The Morgan fingerprint density at radius 3 is 2.33 bits per heavy atom. The van der Waals surface area contributed by atoms with Crippen LogP contribution in [0.4, 0.5) is 0 Å². The Labute approximate surface area is 56.5 Å². The fourth-order valence-electron chi connectivity index (χ4n) is 1.55. The van der Waals surface area contributed by atoms with Crippen LogP contribution < -0.4 is 0 Å². The van der Waals surface area contributed by atoms with Crippen LogP contribution in [-0.2, 0) is 0 Å². The van der Waals surface area contributed by atoms with E-state index >= 15 is 0 Å². The van der Waals surface area contributed by atoms with Crippen molar-refractivity contribution >= 4 is 0 Å². The molecule has 2 heteroatoms. The third-order valence-electron chi connectivity index (χ3n) is 2.08. The predicted octanol–water partition coefficient (Wildman–Crippen LogP) is 0.461. The van der Waals surface area contributed by atoms with Crippen molar-refractivity contribution in [3.8, 4) is 0 Å². The molecule has 1 aliphatic rings. The maximum Gasteiger partial charge on any atom is 0.0760 e. The van der Waals surface area contributed by atoms with Crippen LogP contribution in [0.1, 0.15) is 20.3 Å². The first-order valence-corrected chi connectivity index (χ1v) is 3.44. The lowest BCUT2D eigenvalue weighted by molar-refractivity contribution is 0.0716. The predicted molar refractivity (Wildman–Crippen MR) is 37.3 cm³/mol. The zero-order chi connectivity index (χ0) is 7.07. The van der Waals surface area contributed by atoms with Crippen LogP contribution in [0.3, 0.4) is 0 Å². The zero-order valence-electron chi connectivity index (χ0n) is 6.39. The number of aliphatic hydroxyl groups is 1. The van der Waals surface area contributed by atoms with Gasteiger partial charge in [0, 0.05) is 12.6 Å². The summed E-state index contributed by atoms with van der Waals surface area (Å²) in [5.74, 6) is 0. The molecule has 0 aromatic carbocycles. The molecule has 2 atom stereocenters. The molecule has 1 aliphatic heterocycles. The summed E-state index contributed by atoms with van der Waals surface area (Å²) in [5.41, 5.74) is -0.436. The van der Waals surface area contributed by atoms with Crippen LogP contribution >= 0.6 is 0 Å². The number of likely N-dealkylation sites (tertiary alicyclic amines) is 1. The molecule has 0 amide bonds. The highest BCUT2D eigenvalue weighted by atomic mass is 16.3. The number of hydrogen-bond donors (Lipinski definition) is 1. The molecule has 0 saturated carbocycles. The van der Waals surface area contributed by atoms with E-state index < -0.39 is 5.60 Å². The van der Waals surface area contributed by atoms with Crippen LogP contribution in [0.2, 0.25) is 0 Å². The van der Waals surface area contributed by atoms with Gasteiger partial charge in [-0.1, -0.05) is 0 Å². The number of likely N-dealkylation sites (N-methyl/N-ethyl adjacent to an activating group) is 1. The van der Waals surface area contributed by atoms with E-state index in [-0.39, 0.29) is 0 Å². The molecule has 1 saturated heterocycles. The molecule has 1 rings (SSSR count). The highest BCUT2D eigenvalue weighted by Crippen LogP contribution is 2.24. The topological polar surface area (TPSA) is 23.5 Å². The van der Waals surface area contributed by atoms with Crippen LogP contribution in [0, 0.1) is 0 Å². The van der Waals surface area contributed by atoms with Gasteiger partial charge in [0.2, 0.25) is 0 Å². The number of nitrogens with zero attached hydrogens (tertiary/aromatic N) is 1. The van der Waals surface area contributed by atoms with Gasteiger partial charge in [0.05, 0.1) is 5.60 Å². The van der Waals surface area contributed by atoms with Crippen LogP contribution in [-0.4, -0.2) is 35.2 Å². The molecule has 0 aliphatic carbocycles. The zero-order valence-corrected chi connectivity index (χ0v) is 6.39. The van der Waals surface area contributed by atoms with E-state index in [4.69, 9.17) is 0 Å². The summed E-state index contributed by atoms with van der Waals surface area (Å²) >= 11 is 0. The Bertz CT molecular complexity index is 99.5. The molecule has 0 unspecified atom stereocenters. The van der Waals surface area contributed by atoms with Gasteiger partial charge in [-0.3, -0.25) is 0 Å². The SMILES string of the molecule is C[C@@H]1C[C@](C)(O)CN1C. The smallest absolute Gasteiger partial charge is 0.0760 e. The van der Waals surface area contributed by atoms with E-state index in [0.717, 1.165) is 13.0 Å². The Hall–Kier alpha value is -0.0800. The summed E-state index contributed by atoms with van der Waals surface area (Å²) in [4.78, 5) is 2.18. The Morgan fingerprint density at radius 2 is 2.22 bits per heavy atom. The van der Waals surface area contributed by atoms with Crippen LogP contribution in [0.5, 0.6) is 0 Å². The molecule has 9 heavy (non-hydrogen) atoms. The molecular formula is C7H15NO. The highest BCUT2D eigenvalue weighted by Gasteiger charge is 2.34. The minimum absolute atomic E-state index is 0.436. The normalized spacial score (nSPS) is 46.0. The summed E-state index contributed by atoms with van der Waals surface area (Å²) in [5, 5.41) is 9.49. The summed E-state index contributed by atoms with van der Waals surface area (Å²) in [6.07, 6.45) is 0.906. The molecular weight excluding hydrogens is 114 g/mol. The molecule has 1 heterocycles. The van der Waals surface area contributed by atoms with E-state index in [0.29, 0.717) is 6.04 Å². The third-order valence-corrected chi connectivity index (χ3v) is 2.08. The molecule has 0 radical (unpaired) electrons. The van der Waals surface area contributed by atoms with Crippen molar-refractivity contribution in [1.29, 1.82) is 0 Å². The van der Waals surface area contributed by atoms with E-state index in [9.17, 15) is 5.11 Å². The average Bonchev–Trinajstić information content (AvgIpc) is 1.79. The lowest BCUT2D eigenvalue weighted by atomic mass is 10.0. The lowest BCUT2D eigenvalue weighted by Gasteiger charge is -2.14. The van der Waals surface area contributed by atoms with Crippen LogP contribution in [0.15, 0.2) is 0 Å². The number of rotatable bonds is 0. The van der Waals surface area contributed by atoms with Crippen molar-refractivity contribution in [3.05, 3.63) is 0 Å². The van der Waals surface area contributed by atoms with E-state index in [2.05, 4.69) is 11.8 Å². The molecule has 2 nitrogen and oxygen atoms in total. The van der Waals surface area contributed by atoms with E-state index in [1.165, 1.54) is 0 Å². The average molecular weight is 129 g/mol. The van der Waals surface area contributed by atoms with E-state index in [1.54, 1.807) is 0 Å². The van der Waals surface area contributed by atoms with Gasteiger partial charge < -0.3 is 10.0 Å². The molecule has 0 aromatic heterocycles. The number of β-amino-alcohol motifs (C(OH)–C–C–N with tert-alkyl or cyclic N) is 1. The van der Waals surface area contributed by atoms with Gasteiger partial charge in [-0.2, -0.15) is 0 Å². The maximum atomic E-state index is 9.49. The summed E-state index contributed by atoms with van der Waals surface area (Å²) in [7, 11) is 2.05. The Morgan fingerprint density at radius 1 is 1.67 bits per heavy atom. The van der Waals surface area contributed by atoms with E-state index in [1.807, 2.05) is 14.0 Å². The molecule has 1 N–H and O–H groups in total. The third kappa shape index (κ3) is 1.43. The lowest BCUT2D eigenvalue weighted by Crippen LogP contribution is -2.27. The maximum absolute atomic E-state index is 9.49. The first-order chi connectivity index (χ1) is 4.01. The Kier molecular flexibility index (Phi) is 1.53. The van der Waals surface area contributed by atoms with Gasteiger partial charge in [0.15, 0.2) is 0 Å². The van der Waals surface area contributed by atoms with Crippen molar-refractivity contribution in [3.63, 3.8) is 0 Å². The summed E-state index contributed by atoms with van der Waals surface area (Å²) < 4.78 is 0. The molecule has 0 bridgehead atoms. The molecule has 0 aromatic rings. The van der Waals surface area contributed by atoms with Crippen molar-refractivity contribution in [2.45, 2.75) is 31.9 Å². The minimum Gasteiger partial charge on any atom is -0.389 e. The second kappa shape index (κ2) is 1.96. The van der Waals surface area contributed by atoms with Gasteiger partial charge in [-0.25, -0.2) is 0 Å². The molecule has 1 fully saturated rings. The fraction of sp³-hybridized carbons (Fsp3) is 1.00. The van der Waals surface area contributed by atoms with Crippen molar-refractivity contribution in [1.82, 2.24) is 4.90 Å². The number of hydrogen-bond acceptors (Lipinski definition) is 2. The Balaban J connectivity index is 2.54. The van der Waals surface area contributed by atoms with Gasteiger partial charge in [-0.05, 0) is 27.3 Å². The fourth-order valence-corrected chi connectivity index (χ4v) is 1.55. The van der Waals surface area contributed by atoms with Crippen molar-refractivity contribution < 1.29 is 5.11 Å². The first kappa shape index (κ1) is 7.03. The molecule has 0 spiro atoms. The quantitative estimate of drug-likeness (QED) is 0.513. The van der Waals surface area contributed by atoms with Gasteiger partial charge >= 0.3 is 0 Å². The largest absolute Gasteiger partial charge is 0.389 e. The van der Waals surface area contributed by atoms with Gasteiger partial charge in [0.25, 0.3) is 0 Å². The molecule has 54 valence electrons. The van der Waals surface area contributed by atoms with Crippen LogP contribution in [0.25, 0.3) is 0 Å². The standard InChI is InChI=1S/C7H15NO/c1-6-4-7(2,9)5-8(6)3/h6,9H,4-5H2,1-3H3/t6-,7+/m1/s1. The monoisotopic (exact) mass is 129 g/mol. The highest BCUT2D eigenvalue weighted by molar-refractivity contribution is 4.89.